The lowest BCUT2D eigenvalue weighted by Crippen LogP contribution is -2.47. The molecule has 1 atom stereocenters. The van der Waals surface area contributed by atoms with Crippen molar-refractivity contribution in [2.75, 3.05) is 54.4 Å². The Morgan fingerprint density at radius 2 is 1.65 bits per heavy atom. The van der Waals surface area contributed by atoms with Crippen molar-refractivity contribution in [1.82, 2.24) is 30.0 Å². The minimum absolute atomic E-state index is 0.0221. The van der Waals surface area contributed by atoms with E-state index in [0.717, 1.165) is 125 Å². The van der Waals surface area contributed by atoms with Crippen LogP contribution in [0.2, 0.25) is 0 Å². The summed E-state index contributed by atoms with van der Waals surface area (Å²) in [5.74, 6) is -0.316. The first-order valence-corrected chi connectivity index (χ1v) is 26.9. The Hall–Kier alpha value is -7.17. The van der Waals surface area contributed by atoms with Crippen LogP contribution in [0.4, 0.5) is 16.6 Å². The van der Waals surface area contributed by atoms with Gasteiger partial charge in [0.15, 0.2) is 10.8 Å². The van der Waals surface area contributed by atoms with Crippen LogP contribution < -0.4 is 25.2 Å². The summed E-state index contributed by atoms with van der Waals surface area (Å²) in [5, 5.41) is 22.3. The number of hydrogen-bond acceptors (Lipinski definition) is 12. The number of benzene rings is 4. The zero-order valence-corrected chi connectivity index (χ0v) is 43.3. The highest BCUT2D eigenvalue weighted by Crippen LogP contribution is 2.43. The van der Waals surface area contributed by atoms with E-state index in [9.17, 15) is 24.3 Å². The molecule has 1 unspecified atom stereocenters. The Balaban J connectivity index is 0.683. The highest BCUT2D eigenvalue weighted by molar-refractivity contribution is 7.22. The van der Waals surface area contributed by atoms with Crippen LogP contribution in [-0.2, 0) is 29.6 Å². The molecule has 74 heavy (non-hydrogen) atoms. The molecule has 4 aliphatic rings. The predicted octanol–water partition coefficient (Wildman–Crippen LogP) is 9.76. The van der Waals surface area contributed by atoms with Gasteiger partial charge in [0.1, 0.15) is 11.6 Å². The summed E-state index contributed by atoms with van der Waals surface area (Å²) in [7, 11) is 1.92. The van der Waals surface area contributed by atoms with Gasteiger partial charge < -0.3 is 19.6 Å². The number of nitrogens with zero attached hydrogens (tertiary/aromatic N) is 7. The van der Waals surface area contributed by atoms with Gasteiger partial charge >= 0.3 is 5.97 Å². The van der Waals surface area contributed by atoms with Gasteiger partial charge in [0.2, 0.25) is 11.8 Å². The maximum absolute atomic E-state index is 13.7. The number of imide groups is 1. The molecule has 3 aliphatic heterocycles. The number of thiazole rings is 1. The monoisotopic (exact) mass is 1010 g/mol. The largest absolute Gasteiger partial charge is 0.490 e. The van der Waals surface area contributed by atoms with E-state index >= 15 is 0 Å². The number of aryl methyl sites for hydroxylation is 1. The van der Waals surface area contributed by atoms with Gasteiger partial charge in [0, 0.05) is 74.9 Å². The smallest absolute Gasteiger partial charge is 0.355 e. The summed E-state index contributed by atoms with van der Waals surface area (Å²) in [5.41, 5.74) is 8.65. The van der Waals surface area contributed by atoms with Crippen molar-refractivity contribution in [1.29, 1.82) is 0 Å². The topological polar surface area (TPSA) is 175 Å². The number of para-hydroxylation sites is 1. The van der Waals surface area contributed by atoms with Crippen LogP contribution in [-0.4, -0.2) is 98.8 Å². The summed E-state index contributed by atoms with van der Waals surface area (Å²) >= 11 is 1.44. The number of pyridine rings is 1. The first-order valence-electron chi connectivity index (χ1n) is 26.1. The Labute approximate surface area is 434 Å². The zero-order valence-electron chi connectivity index (χ0n) is 42.5. The van der Waals surface area contributed by atoms with Crippen molar-refractivity contribution in [3.05, 3.63) is 125 Å². The second kappa shape index (κ2) is 20.3. The molecule has 2 saturated heterocycles. The number of fused-ring (bicyclic) bond motifs is 3. The van der Waals surface area contributed by atoms with E-state index in [1.807, 2.05) is 91.4 Å². The number of piperidine rings is 1. The van der Waals surface area contributed by atoms with Crippen molar-refractivity contribution >= 4 is 72.8 Å². The van der Waals surface area contributed by atoms with Gasteiger partial charge in [0.05, 0.1) is 33.4 Å². The molecule has 15 nitrogen and oxygen atoms in total. The number of rotatable bonds is 13. The first-order chi connectivity index (χ1) is 35.8. The van der Waals surface area contributed by atoms with Crippen LogP contribution in [0.3, 0.4) is 0 Å². The van der Waals surface area contributed by atoms with Crippen LogP contribution in [0.5, 0.6) is 5.75 Å². The van der Waals surface area contributed by atoms with Crippen molar-refractivity contribution in [2.45, 2.75) is 90.7 Å². The maximum atomic E-state index is 13.7. The third-order valence-corrected chi connectivity index (χ3v) is 17.3. The van der Waals surface area contributed by atoms with Crippen LogP contribution in [0, 0.1) is 18.3 Å². The molecule has 0 radical (unpaired) electrons. The molecule has 3 amide bonds. The van der Waals surface area contributed by atoms with E-state index in [-0.39, 0.29) is 34.9 Å². The third-order valence-electron chi connectivity index (χ3n) is 16.3. The van der Waals surface area contributed by atoms with Gasteiger partial charge in [-0.15, -0.1) is 0 Å². The van der Waals surface area contributed by atoms with E-state index < -0.39 is 11.9 Å². The van der Waals surface area contributed by atoms with Crippen molar-refractivity contribution in [3.8, 4) is 16.9 Å². The second-order valence-corrected chi connectivity index (χ2v) is 22.3. The molecule has 3 N–H and O–H groups in total. The number of carbonyl (C=O) groups excluding carboxylic acids is 3. The van der Waals surface area contributed by atoms with Crippen molar-refractivity contribution in [2.24, 2.45) is 18.4 Å². The van der Waals surface area contributed by atoms with Gasteiger partial charge in [-0.25, -0.2) is 14.8 Å². The molecule has 382 valence electrons. The summed E-state index contributed by atoms with van der Waals surface area (Å²) in [4.78, 5) is 67.5. The molecule has 3 fully saturated rings. The molecule has 6 heterocycles. The van der Waals surface area contributed by atoms with Gasteiger partial charge in [-0.05, 0) is 147 Å². The molecule has 0 spiro atoms. The summed E-state index contributed by atoms with van der Waals surface area (Å²) in [6.07, 6.45) is 6.82. The number of nitrogens with one attached hydrogen (secondary N) is 2. The van der Waals surface area contributed by atoms with Crippen LogP contribution >= 0.6 is 11.3 Å². The number of anilines is 3. The van der Waals surface area contributed by atoms with Crippen molar-refractivity contribution < 1.29 is 29.0 Å². The number of amides is 3. The number of carboxylic acids is 1. The minimum Gasteiger partial charge on any atom is -0.490 e. The quantitative estimate of drug-likeness (QED) is 0.0935. The Bertz CT molecular complexity index is 3280. The summed E-state index contributed by atoms with van der Waals surface area (Å²) in [6, 6.07) is 29.6. The first kappa shape index (κ1) is 49.1. The fourth-order valence-electron chi connectivity index (χ4n) is 11.8. The van der Waals surface area contributed by atoms with Gasteiger partial charge in [0.25, 0.3) is 5.91 Å². The molecule has 11 rings (SSSR count). The number of piperazine rings is 1. The van der Waals surface area contributed by atoms with Gasteiger partial charge in [-0.2, -0.15) is 5.10 Å². The predicted molar refractivity (Wildman–Crippen MR) is 289 cm³/mol. The zero-order chi connectivity index (χ0) is 51.3. The van der Waals surface area contributed by atoms with Crippen molar-refractivity contribution in [3.63, 3.8) is 0 Å². The lowest BCUT2D eigenvalue weighted by atomic mass is 9.69. The molecule has 3 aromatic heterocycles. The van der Waals surface area contributed by atoms with E-state index in [1.54, 1.807) is 0 Å². The fourth-order valence-corrected chi connectivity index (χ4v) is 12.7. The lowest BCUT2D eigenvalue weighted by Gasteiger charge is -2.42. The van der Waals surface area contributed by atoms with E-state index in [1.165, 1.54) is 11.3 Å². The molecule has 1 aliphatic carbocycles. The number of carbonyl (C=O) groups is 4. The fraction of sp³-hybridized carbons (Fsp3) is 0.397. The van der Waals surface area contributed by atoms with E-state index in [2.05, 4.69) is 62.4 Å². The second-order valence-electron chi connectivity index (χ2n) is 21.2. The molecule has 1 saturated carbocycles. The molecule has 7 aromatic rings. The van der Waals surface area contributed by atoms with Crippen LogP contribution in [0.15, 0.2) is 91.0 Å². The van der Waals surface area contributed by atoms with Gasteiger partial charge in [-0.1, -0.05) is 61.6 Å². The Morgan fingerprint density at radius 1 is 0.851 bits per heavy atom. The number of hydrogen-bond donors (Lipinski definition) is 3. The Morgan fingerprint density at radius 3 is 2.43 bits per heavy atom. The highest BCUT2D eigenvalue weighted by atomic mass is 32.1. The number of aromatic nitrogens is 4. The van der Waals surface area contributed by atoms with E-state index in [4.69, 9.17) is 14.8 Å². The average molecular weight is 1010 g/mol. The molecular weight excluding hydrogens is 951 g/mol. The Kier molecular flexibility index (Phi) is 13.4. The maximum Gasteiger partial charge on any atom is 0.355 e. The lowest BCUT2D eigenvalue weighted by molar-refractivity contribution is -0.134. The summed E-state index contributed by atoms with van der Waals surface area (Å²) in [6.45, 7) is 12.8. The molecule has 16 heteroatoms. The normalized spacial score (nSPS) is 19.6. The minimum atomic E-state index is -1.10. The molecule has 4 aromatic carbocycles. The third kappa shape index (κ3) is 9.84. The van der Waals surface area contributed by atoms with Crippen LogP contribution in [0.25, 0.3) is 32.2 Å². The average Bonchev–Trinajstić information content (AvgIpc) is 3.97. The number of ether oxygens (including phenoxy) is 1. The van der Waals surface area contributed by atoms with E-state index in [0.29, 0.717) is 60.3 Å². The summed E-state index contributed by atoms with van der Waals surface area (Å²) < 4.78 is 9.61. The number of aromatic carboxylic acids is 1. The number of carboxylic acid groups (broad SMARTS) is 1. The van der Waals surface area contributed by atoms with Crippen LogP contribution in [0.1, 0.15) is 108 Å². The standard InChI is InChI=1S/C58H63N9O6S/c1-35-40(41-21-23-50(60-53(41)56(71)72)67-27-25-36-9-7-11-42(45(36)34-67)54(69)62-57-59-46-12-5-6-14-49(46)74-57)10-8-13-48(35)73-39-18-15-37(16-19-39)58(2,3)26-28-65-29-31-66(32-30-65)38-17-20-43-47(33-38)64(4)63-52(43)44-22-24-51(68)61-55(44)70/h5-14,17,20-21,23,33,37,39,44H,15-16,18-19,22,24-32,34H2,1-4H3,(H,71,72)(H,59,62,69)(H,61,68,70)/t37-,39-,44?. The highest BCUT2D eigenvalue weighted by Gasteiger charge is 2.36. The van der Waals surface area contributed by atoms with Gasteiger partial charge in [-0.3, -0.25) is 34.6 Å². The molecule has 0 bridgehead atoms. The SMILES string of the molecule is Cc1c(O[C@H]2CC[C@H](C(C)(C)CCN3CCN(c4ccc5c(C6CCC(=O)NC6=O)nn(C)c5c4)CC3)CC2)cccc1-c1ccc(N2CCc3cccc(C(=O)Nc4nc5ccccc5s4)c3C2)nc1C(=O)O. The molecular formula is C58H63N9O6S.